The predicted octanol–water partition coefficient (Wildman–Crippen LogP) is 5.35. The zero-order chi connectivity index (χ0) is 20.1. The largest absolute Gasteiger partial charge is 0.369 e. The number of fused-ring (bicyclic) bond motifs is 1. The van der Waals surface area contributed by atoms with Crippen LogP contribution in [0, 0.1) is 11.7 Å². The van der Waals surface area contributed by atoms with Gasteiger partial charge in [0.2, 0.25) is 5.95 Å². The van der Waals surface area contributed by atoms with E-state index >= 15 is 0 Å². The average Bonchev–Trinajstić information content (AvgIpc) is 3.38. The number of nitrogens with two attached hydrogens (primary N) is 1. The van der Waals surface area contributed by atoms with Crippen molar-refractivity contribution in [3.8, 4) is 22.5 Å². The van der Waals surface area contributed by atoms with Crippen molar-refractivity contribution in [1.82, 2.24) is 19.5 Å². The molecule has 1 aliphatic carbocycles. The summed E-state index contributed by atoms with van der Waals surface area (Å²) < 4.78 is 15.5. The van der Waals surface area contributed by atoms with Gasteiger partial charge >= 0.3 is 0 Å². The molecule has 0 amide bonds. The van der Waals surface area contributed by atoms with E-state index in [0.717, 1.165) is 58.8 Å². The highest BCUT2D eigenvalue weighted by molar-refractivity contribution is 5.87. The summed E-state index contributed by atoms with van der Waals surface area (Å²) in [6.07, 6.45) is 2.32. The highest BCUT2D eigenvalue weighted by Crippen LogP contribution is 2.42. The number of nitrogen functional groups attached to an aromatic ring is 1. The SMILES string of the molecule is CC(C)Cn1c(N)nc2ccc(-c3nc(C4CC4)[nH]c3-c3ccc(F)cc3)cc21. The molecule has 29 heavy (non-hydrogen) atoms. The Kier molecular flexibility index (Phi) is 4.15. The highest BCUT2D eigenvalue weighted by atomic mass is 19.1. The summed E-state index contributed by atoms with van der Waals surface area (Å²) in [5.41, 5.74) is 11.8. The number of benzene rings is 2. The Morgan fingerprint density at radius 1 is 1.10 bits per heavy atom. The van der Waals surface area contributed by atoms with Crippen molar-refractivity contribution in [2.75, 3.05) is 5.73 Å². The number of hydrogen-bond donors (Lipinski definition) is 2. The first-order valence-corrected chi connectivity index (χ1v) is 10.1. The Bertz CT molecular complexity index is 1180. The number of nitrogens with zero attached hydrogens (tertiary/aromatic N) is 3. The zero-order valence-electron chi connectivity index (χ0n) is 16.6. The van der Waals surface area contributed by atoms with Crippen LogP contribution < -0.4 is 5.73 Å². The lowest BCUT2D eigenvalue weighted by Crippen LogP contribution is -2.07. The molecule has 2 aromatic carbocycles. The van der Waals surface area contributed by atoms with Gasteiger partial charge in [0.1, 0.15) is 11.6 Å². The maximum Gasteiger partial charge on any atom is 0.201 e. The molecule has 0 bridgehead atoms. The fraction of sp³-hybridized carbons (Fsp3) is 0.304. The summed E-state index contributed by atoms with van der Waals surface area (Å²) in [7, 11) is 0. The zero-order valence-corrected chi connectivity index (χ0v) is 16.6. The van der Waals surface area contributed by atoms with Gasteiger partial charge in [-0.1, -0.05) is 19.9 Å². The average molecular weight is 389 g/mol. The molecule has 1 saturated carbocycles. The van der Waals surface area contributed by atoms with Gasteiger partial charge < -0.3 is 15.3 Å². The minimum absolute atomic E-state index is 0.244. The topological polar surface area (TPSA) is 72.5 Å². The molecule has 0 radical (unpaired) electrons. The molecule has 2 heterocycles. The van der Waals surface area contributed by atoms with Crippen molar-refractivity contribution in [2.45, 2.75) is 39.2 Å². The standard InChI is InChI=1S/C23H24FN5/c1-13(2)12-29-19-11-16(7-10-18(19)26-23(29)25)21-20(14-5-8-17(24)9-6-14)27-22(28-21)15-3-4-15/h5-11,13,15H,3-4,12H2,1-2H3,(H2,25,26)(H,27,28). The lowest BCUT2D eigenvalue weighted by molar-refractivity contribution is 0.538. The van der Waals surface area contributed by atoms with E-state index in [4.69, 9.17) is 10.7 Å². The fourth-order valence-corrected chi connectivity index (χ4v) is 3.82. The second kappa shape index (κ2) is 6.72. The molecule has 0 unspecified atom stereocenters. The van der Waals surface area contributed by atoms with Crippen molar-refractivity contribution in [3.63, 3.8) is 0 Å². The maximum atomic E-state index is 13.4. The van der Waals surface area contributed by atoms with E-state index < -0.39 is 0 Å². The number of anilines is 1. The monoisotopic (exact) mass is 389 g/mol. The van der Waals surface area contributed by atoms with E-state index in [1.807, 2.05) is 12.1 Å². The van der Waals surface area contributed by atoms with E-state index in [2.05, 4.69) is 34.4 Å². The van der Waals surface area contributed by atoms with Crippen molar-refractivity contribution < 1.29 is 4.39 Å². The minimum Gasteiger partial charge on any atom is -0.369 e. The van der Waals surface area contributed by atoms with Crippen LogP contribution in [0.5, 0.6) is 0 Å². The molecule has 0 saturated heterocycles. The molecule has 1 aliphatic rings. The van der Waals surface area contributed by atoms with Crippen molar-refractivity contribution >= 4 is 17.0 Å². The van der Waals surface area contributed by atoms with Gasteiger partial charge in [0.05, 0.1) is 22.4 Å². The first-order valence-electron chi connectivity index (χ1n) is 10.1. The molecular formula is C23H24FN5. The third kappa shape index (κ3) is 3.28. The molecule has 0 atom stereocenters. The number of nitrogens with one attached hydrogen (secondary N) is 1. The van der Waals surface area contributed by atoms with Crippen molar-refractivity contribution in [1.29, 1.82) is 0 Å². The van der Waals surface area contributed by atoms with Gasteiger partial charge in [-0.2, -0.15) is 0 Å². The number of imidazole rings is 2. The smallest absolute Gasteiger partial charge is 0.201 e. The lowest BCUT2D eigenvalue weighted by Gasteiger charge is -2.10. The third-order valence-corrected chi connectivity index (χ3v) is 5.42. The molecule has 0 aliphatic heterocycles. The number of aromatic amines is 1. The van der Waals surface area contributed by atoms with Gasteiger partial charge in [-0.05, 0) is 55.2 Å². The molecule has 6 heteroatoms. The summed E-state index contributed by atoms with van der Waals surface area (Å²) in [4.78, 5) is 12.9. The van der Waals surface area contributed by atoms with Crippen LogP contribution in [0.2, 0.25) is 0 Å². The first kappa shape index (κ1) is 17.9. The molecule has 3 N–H and O–H groups in total. The molecular weight excluding hydrogens is 365 g/mol. The van der Waals surface area contributed by atoms with Gasteiger partial charge in [0.15, 0.2) is 0 Å². The van der Waals surface area contributed by atoms with E-state index in [-0.39, 0.29) is 5.82 Å². The van der Waals surface area contributed by atoms with Crippen molar-refractivity contribution in [2.24, 2.45) is 5.92 Å². The van der Waals surface area contributed by atoms with Gasteiger partial charge in [-0.25, -0.2) is 14.4 Å². The van der Waals surface area contributed by atoms with E-state index in [0.29, 0.717) is 17.8 Å². The Balaban J connectivity index is 1.66. The molecule has 4 aromatic rings. The van der Waals surface area contributed by atoms with Crippen LogP contribution in [0.4, 0.5) is 10.3 Å². The normalized spacial score (nSPS) is 14.2. The van der Waals surface area contributed by atoms with Crippen LogP contribution >= 0.6 is 0 Å². The number of hydrogen-bond acceptors (Lipinski definition) is 3. The Morgan fingerprint density at radius 3 is 2.52 bits per heavy atom. The molecule has 1 fully saturated rings. The fourth-order valence-electron chi connectivity index (χ4n) is 3.82. The molecule has 5 rings (SSSR count). The summed E-state index contributed by atoms with van der Waals surface area (Å²) in [6.45, 7) is 5.14. The number of H-pyrrole nitrogens is 1. The highest BCUT2D eigenvalue weighted by Gasteiger charge is 2.28. The summed E-state index contributed by atoms with van der Waals surface area (Å²) >= 11 is 0. The number of halogens is 1. The van der Waals surface area contributed by atoms with Gasteiger partial charge in [-0.3, -0.25) is 0 Å². The van der Waals surface area contributed by atoms with E-state index in [1.165, 1.54) is 12.1 Å². The summed E-state index contributed by atoms with van der Waals surface area (Å²) in [6, 6.07) is 12.7. The number of rotatable bonds is 5. The Labute approximate surface area is 168 Å². The predicted molar refractivity (Wildman–Crippen MR) is 114 cm³/mol. The van der Waals surface area contributed by atoms with Gasteiger partial charge in [0, 0.05) is 23.6 Å². The van der Waals surface area contributed by atoms with Crippen LogP contribution in [-0.2, 0) is 6.54 Å². The molecule has 0 spiro atoms. The van der Waals surface area contributed by atoms with Crippen LogP contribution in [-0.4, -0.2) is 19.5 Å². The van der Waals surface area contributed by atoms with Crippen LogP contribution in [0.1, 0.15) is 38.4 Å². The van der Waals surface area contributed by atoms with Gasteiger partial charge in [-0.15, -0.1) is 0 Å². The number of aromatic nitrogens is 4. The van der Waals surface area contributed by atoms with E-state index in [1.54, 1.807) is 12.1 Å². The minimum atomic E-state index is -0.244. The summed E-state index contributed by atoms with van der Waals surface area (Å²) in [5.74, 6) is 2.25. The molecule has 2 aromatic heterocycles. The first-order chi connectivity index (χ1) is 14.0. The van der Waals surface area contributed by atoms with E-state index in [9.17, 15) is 4.39 Å². The summed E-state index contributed by atoms with van der Waals surface area (Å²) in [5, 5.41) is 0. The maximum absolute atomic E-state index is 13.4. The van der Waals surface area contributed by atoms with Crippen LogP contribution in [0.3, 0.4) is 0 Å². The second-order valence-electron chi connectivity index (χ2n) is 8.30. The molecule has 5 nitrogen and oxygen atoms in total. The lowest BCUT2D eigenvalue weighted by atomic mass is 10.0. The Morgan fingerprint density at radius 2 is 1.83 bits per heavy atom. The second-order valence-corrected chi connectivity index (χ2v) is 8.30. The van der Waals surface area contributed by atoms with Crippen LogP contribution in [0.15, 0.2) is 42.5 Å². The Hall–Kier alpha value is -3.15. The van der Waals surface area contributed by atoms with Crippen LogP contribution in [0.25, 0.3) is 33.5 Å². The van der Waals surface area contributed by atoms with Crippen molar-refractivity contribution in [3.05, 3.63) is 54.1 Å². The molecule has 148 valence electrons. The quantitative estimate of drug-likeness (QED) is 0.483. The third-order valence-electron chi connectivity index (χ3n) is 5.42. The van der Waals surface area contributed by atoms with Gasteiger partial charge in [0.25, 0.3) is 0 Å².